The van der Waals surface area contributed by atoms with E-state index in [1.54, 1.807) is 0 Å². The SMILES string of the molecule is Cc1ccc(Br)c(NC(=O)CCC2CCCO2)c1. The second kappa shape index (κ2) is 6.34. The molecule has 0 spiro atoms. The quantitative estimate of drug-likeness (QED) is 0.921. The zero-order valence-corrected chi connectivity index (χ0v) is 12.1. The minimum Gasteiger partial charge on any atom is -0.378 e. The van der Waals surface area contributed by atoms with Crippen LogP contribution in [-0.2, 0) is 9.53 Å². The first-order valence-electron chi connectivity index (χ1n) is 6.33. The second-order valence-electron chi connectivity index (χ2n) is 4.71. The Morgan fingerprint density at radius 1 is 1.56 bits per heavy atom. The Hall–Kier alpha value is -0.870. The zero-order valence-electron chi connectivity index (χ0n) is 10.5. The first-order chi connectivity index (χ1) is 8.65. The molecule has 0 radical (unpaired) electrons. The number of aryl methyl sites for hydroxylation is 1. The van der Waals surface area contributed by atoms with Crippen LogP contribution in [0.3, 0.4) is 0 Å². The molecule has 1 heterocycles. The van der Waals surface area contributed by atoms with E-state index in [9.17, 15) is 4.79 Å². The molecule has 98 valence electrons. The van der Waals surface area contributed by atoms with Crippen LogP contribution in [0.5, 0.6) is 0 Å². The summed E-state index contributed by atoms with van der Waals surface area (Å²) in [5.74, 6) is 0.0526. The highest BCUT2D eigenvalue weighted by atomic mass is 79.9. The molecule has 18 heavy (non-hydrogen) atoms. The van der Waals surface area contributed by atoms with Crippen LogP contribution in [0, 0.1) is 6.92 Å². The fourth-order valence-corrected chi connectivity index (χ4v) is 2.46. The van der Waals surface area contributed by atoms with Crippen LogP contribution in [0.25, 0.3) is 0 Å². The summed E-state index contributed by atoms with van der Waals surface area (Å²) in [6, 6.07) is 5.92. The number of halogens is 1. The lowest BCUT2D eigenvalue weighted by Gasteiger charge is -2.11. The molecule has 0 saturated carbocycles. The van der Waals surface area contributed by atoms with E-state index in [1.165, 1.54) is 0 Å². The lowest BCUT2D eigenvalue weighted by atomic mass is 10.1. The Bertz CT molecular complexity index is 428. The Balaban J connectivity index is 1.84. The topological polar surface area (TPSA) is 38.3 Å². The van der Waals surface area contributed by atoms with Gasteiger partial charge in [0.15, 0.2) is 0 Å². The zero-order chi connectivity index (χ0) is 13.0. The predicted octanol–water partition coefficient (Wildman–Crippen LogP) is 3.66. The van der Waals surface area contributed by atoms with Crippen molar-refractivity contribution in [1.82, 2.24) is 0 Å². The molecule has 1 N–H and O–H groups in total. The monoisotopic (exact) mass is 311 g/mol. The molecule has 2 rings (SSSR count). The summed E-state index contributed by atoms with van der Waals surface area (Å²) in [7, 11) is 0. The Labute approximate surface area is 116 Å². The largest absolute Gasteiger partial charge is 0.378 e. The fourth-order valence-electron chi connectivity index (χ4n) is 2.11. The number of nitrogens with one attached hydrogen (secondary N) is 1. The number of hydrogen-bond donors (Lipinski definition) is 1. The molecule has 1 aromatic rings. The van der Waals surface area contributed by atoms with Crippen molar-refractivity contribution in [3.8, 4) is 0 Å². The molecule has 1 unspecified atom stereocenters. The van der Waals surface area contributed by atoms with Crippen molar-refractivity contribution in [3.05, 3.63) is 28.2 Å². The van der Waals surface area contributed by atoms with Crippen molar-refractivity contribution < 1.29 is 9.53 Å². The molecule has 0 aliphatic carbocycles. The van der Waals surface area contributed by atoms with Gasteiger partial charge in [0.25, 0.3) is 0 Å². The molecule has 0 aromatic heterocycles. The molecule has 1 aliphatic rings. The van der Waals surface area contributed by atoms with Gasteiger partial charge in [0.1, 0.15) is 0 Å². The van der Waals surface area contributed by atoms with E-state index in [0.717, 1.165) is 41.6 Å². The van der Waals surface area contributed by atoms with E-state index >= 15 is 0 Å². The van der Waals surface area contributed by atoms with E-state index in [1.807, 2.05) is 25.1 Å². The number of rotatable bonds is 4. The summed E-state index contributed by atoms with van der Waals surface area (Å²) in [6.45, 7) is 2.85. The number of benzene rings is 1. The smallest absolute Gasteiger partial charge is 0.224 e. The van der Waals surface area contributed by atoms with Gasteiger partial charge in [-0.1, -0.05) is 6.07 Å². The molecule has 1 fully saturated rings. The van der Waals surface area contributed by atoms with E-state index in [4.69, 9.17) is 4.74 Å². The maximum atomic E-state index is 11.8. The standard InChI is InChI=1S/C14H18BrNO2/c1-10-4-6-12(15)13(9-10)16-14(17)7-5-11-3-2-8-18-11/h4,6,9,11H,2-3,5,7-8H2,1H3,(H,16,17). The van der Waals surface area contributed by atoms with Crippen molar-refractivity contribution in [1.29, 1.82) is 0 Å². The van der Waals surface area contributed by atoms with E-state index in [0.29, 0.717) is 6.42 Å². The molecular formula is C14H18BrNO2. The highest BCUT2D eigenvalue weighted by Gasteiger charge is 2.16. The van der Waals surface area contributed by atoms with Crippen molar-refractivity contribution in [2.45, 2.75) is 38.7 Å². The lowest BCUT2D eigenvalue weighted by Crippen LogP contribution is -2.15. The number of hydrogen-bond acceptors (Lipinski definition) is 2. The molecule has 3 nitrogen and oxygen atoms in total. The predicted molar refractivity (Wildman–Crippen MR) is 75.7 cm³/mol. The normalized spacial score (nSPS) is 18.9. The van der Waals surface area contributed by atoms with Crippen LogP contribution >= 0.6 is 15.9 Å². The van der Waals surface area contributed by atoms with Gasteiger partial charge in [0, 0.05) is 17.5 Å². The highest BCUT2D eigenvalue weighted by Crippen LogP contribution is 2.24. The number of carbonyl (C=O) groups is 1. The van der Waals surface area contributed by atoms with Gasteiger partial charge in [-0.3, -0.25) is 4.79 Å². The number of amides is 1. The summed E-state index contributed by atoms with van der Waals surface area (Å²) in [4.78, 5) is 11.8. The van der Waals surface area contributed by atoms with E-state index in [2.05, 4.69) is 21.2 Å². The van der Waals surface area contributed by atoms with Gasteiger partial charge in [-0.15, -0.1) is 0 Å². The highest BCUT2D eigenvalue weighted by molar-refractivity contribution is 9.10. The number of carbonyl (C=O) groups excluding carboxylic acids is 1. The third-order valence-electron chi connectivity index (χ3n) is 3.11. The molecule has 0 bridgehead atoms. The van der Waals surface area contributed by atoms with E-state index < -0.39 is 0 Å². The fraction of sp³-hybridized carbons (Fsp3) is 0.500. The van der Waals surface area contributed by atoms with Crippen LogP contribution < -0.4 is 5.32 Å². The summed E-state index contributed by atoms with van der Waals surface area (Å²) >= 11 is 3.44. The Kier molecular flexibility index (Phi) is 4.78. The summed E-state index contributed by atoms with van der Waals surface area (Å²) in [6.07, 6.45) is 3.81. The first kappa shape index (κ1) is 13.6. The van der Waals surface area contributed by atoms with Crippen molar-refractivity contribution in [3.63, 3.8) is 0 Å². The molecule has 1 atom stereocenters. The van der Waals surface area contributed by atoms with Gasteiger partial charge < -0.3 is 10.1 Å². The average Bonchev–Trinajstić information content (AvgIpc) is 2.84. The third-order valence-corrected chi connectivity index (χ3v) is 3.80. The van der Waals surface area contributed by atoms with Gasteiger partial charge in [-0.2, -0.15) is 0 Å². The minimum atomic E-state index is 0.0526. The van der Waals surface area contributed by atoms with Gasteiger partial charge in [-0.25, -0.2) is 0 Å². The summed E-state index contributed by atoms with van der Waals surface area (Å²) in [5.41, 5.74) is 1.97. The minimum absolute atomic E-state index is 0.0526. The molecule has 1 aliphatic heterocycles. The second-order valence-corrected chi connectivity index (χ2v) is 5.56. The molecule has 4 heteroatoms. The van der Waals surface area contributed by atoms with Crippen LogP contribution in [-0.4, -0.2) is 18.6 Å². The maximum absolute atomic E-state index is 11.8. The van der Waals surface area contributed by atoms with Crippen LogP contribution in [0.15, 0.2) is 22.7 Å². The first-order valence-corrected chi connectivity index (χ1v) is 7.12. The van der Waals surface area contributed by atoms with Gasteiger partial charge in [-0.05, 0) is 59.8 Å². The van der Waals surface area contributed by atoms with Crippen molar-refractivity contribution in [2.75, 3.05) is 11.9 Å². The van der Waals surface area contributed by atoms with Gasteiger partial charge in [0.2, 0.25) is 5.91 Å². The summed E-state index contributed by atoms with van der Waals surface area (Å²) < 4.78 is 6.42. The molecule has 1 amide bonds. The third kappa shape index (κ3) is 3.82. The average molecular weight is 312 g/mol. The molecule has 1 aromatic carbocycles. The van der Waals surface area contributed by atoms with Crippen molar-refractivity contribution in [2.24, 2.45) is 0 Å². The van der Waals surface area contributed by atoms with Crippen LogP contribution in [0.2, 0.25) is 0 Å². The van der Waals surface area contributed by atoms with Crippen LogP contribution in [0.4, 0.5) is 5.69 Å². The van der Waals surface area contributed by atoms with Gasteiger partial charge >= 0.3 is 0 Å². The van der Waals surface area contributed by atoms with Gasteiger partial charge in [0.05, 0.1) is 11.8 Å². The Morgan fingerprint density at radius 2 is 2.39 bits per heavy atom. The molecular weight excluding hydrogens is 294 g/mol. The Morgan fingerprint density at radius 3 is 3.11 bits per heavy atom. The van der Waals surface area contributed by atoms with Crippen molar-refractivity contribution >= 4 is 27.5 Å². The lowest BCUT2D eigenvalue weighted by molar-refractivity contribution is -0.116. The molecule has 1 saturated heterocycles. The van der Waals surface area contributed by atoms with E-state index in [-0.39, 0.29) is 12.0 Å². The number of ether oxygens (including phenoxy) is 1. The van der Waals surface area contributed by atoms with Crippen LogP contribution in [0.1, 0.15) is 31.2 Å². The number of anilines is 1. The summed E-state index contributed by atoms with van der Waals surface area (Å²) in [5, 5.41) is 2.93. The maximum Gasteiger partial charge on any atom is 0.224 e.